The summed E-state index contributed by atoms with van der Waals surface area (Å²) in [5, 5.41) is -1.02. The second-order valence-electron chi connectivity index (χ2n) is 3.59. The average Bonchev–Trinajstić information content (AvgIpc) is 2.25. The van der Waals surface area contributed by atoms with E-state index in [1.165, 1.54) is 6.92 Å². The number of rotatable bonds is 3. The zero-order valence-corrected chi connectivity index (χ0v) is 10.1. The quantitative estimate of drug-likeness (QED) is 0.817. The van der Waals surface area contributed by atoms with Crippen molar-refractivity contribution < 1.29 is 22.2 Å². The molecule has 0 radical (unpaired) electrons. The van der Waals surface area contributed by atoms with Crippen molar-refractivity contribution in [3.8, 4) is 0 Å². The van der Waals surface area contributed by atoms with Gasteiger partial charge >= 0.3 is 6.18 Å². The zero-order chi connectivity index (χ0) is 14.1. The number of alkyl halides is 3. The van der Waals surface area contributed by atoms with Crippen LogP contribution < -0.4 is 11.5 Å². The third-order valence-electron chi connectivity index (χ3n) is 2.28. The fraction of sp³-hybridized carbons (Fsp3) is 0.300. The summed E-state index contributed by atoms with van der Waals surface area (Å²) in [5.41, 5.74) is 9.16. The Morgan fingerprint density at radius 3 is 2.33 bits per heavy atom. The summed E-state index contributed by atoms with van der Waals surface area (Å²) < 4.78 is 49.0. The van der Waals surface area contributed by atoms with E-state index < -0.39 is 33.7 Å². The van der Waals surface area contributed by atoms with Crippen LogP contribution in [-0.4, -0.2) is 15.4 Å². The van der Waals surface area contributed by atoms with Gasteiger partial charge in [0.25, 0.3) is 0 Å². The van der Waals surface area contributed by atoms with Crippen LogP contribution in [0.5, 0.6) is 0 Å². The van der Waals surface area contributed by atoms with Crippen LogP contribution in [0.15, 0.2) is 23.1 Å². The SMILES string of the molecule is CC(C(N)=O)S(=O)c1ccc(C(F)(F)F)cc1N. The van der Waals surface area contributed by atoms with Gasteiger partial charge in [-0.05, 0) is 25.1 Å². The first-order valence-corrected chi connectivity index (χ1v) is 6.02. The summed E-state index contributed by atoms with van der Waals surface area (Å²) in [6.07, 6.45) is -4.52. The molecule has 4 N–H and O–H groups in total. The van der Waals surface area contributed by atoms with Crippen molar-refractivity contribution in [2.45, 2.75) is 23.2 Å². The lowest BCUT2D eigenvalue weighted by molar-refractivity contribution is -0.137. The Kier molecular flexibility index (Phi) is 4.00. The van der Waals surface area contributed by atoms with Crippen LogP contribution in [0, 0.1) is 0 Å². The zero-order valence-electron chi connectivity index (χ0n) is 9.32. The number of nitrogen functional groups attached to an aromatic ring is 1. The number of carbonyl (C=O) groups excluding carboxylic acids is 1. The second-order valence-corrected chi connectivity index (χ2v) is 5.33. The number of hydrogen-bond acceptors (Lipinski definition) is 3. The molecule has 0 bridgehead atoms. The fourth-order valence-electron chi connectivity index (χ4n) is 1.20. The molecule has 0 heterocycles. The van der Waals surface area contributed by atoms with Crippen molar-refractivity contribution in [3.63, 3.8) is 0 Å². The highest BCUT2D eigenvalue weighted by atomic mass is 32.2. The van der Waals surface area contributed by atoms with Gasteiger partial charge in [0.15, 0.2) is 0 Å². The molecule has 0 aliphatic carbocycles. The van der Waals surface area contributed by atoms with Crippen molar-refractivity contribution in [2.24, 2.45) is 5.73 Å². The Labute approximate surface area is 104 Å². The Morgan fingerprint density at radius 1 is 1.39 bits per heavy atom. The normalized spacial score (nSPS) is 15.1. The number of nitrogens with two attached hydrogens (primary N) is 2. The lowest BCUT2D eigenvalue weighted by atomic mass is 10.2. The van der Waals surface area contributed by atoms with Crippen LogP contribution >= 0.6 is 0 Å². The lowest BCUT2D eigenvalue weighted by Gasteiger charge is -2.12. The molecule has 2 atom stereocenters. The first-order valence-electron chi connectivity index (χ1n) is 4.81. The monoisotopic (exact) mass is 280 g/mol. The Hall–Kier alpha value is -1.57. The minimum atomic E-state index is -4.52. The van der Waals surface area contributed by atoms with E-state index in [9.17, 15) is 22.2 Å². The third kappa shape index (κ3) is 3.00. The van der Waals surface area contributed by atoms with E-state index in [0.717, 1.165) is 12.1 Å². The molecule has 1 aromatic carbocycles. The number of hydrogen-bond donors (Lipinski definition) is 2. The molecule has 0 saturated heterocycles. The maximum atomic E-state index is 12.4. The lowest BCUT2D eigenvalue weighted by Crippen LogP contribution is -2.30. The van der Waals surface area contributed by atoms with Crippen LogP contribution in [0.1, 0.15) is 12.5 Å². The largest absolute Gasteiger partial charge is 0.416 e. The number of carbonyl (C=O) groups is 1. The molecular weight excluding hydrogens is 269 g/mol. The van der Waals surface area contributed by atoms with Gasteiger partial charge in [-0.25, -0.2) is 0 Å². The highest BCUT2D eigenvalue weighted by Crippen LogP contribution is 2.32. The van der Waals surface area contributed by atoms with Gasteiger partial charge in [0.2, 0.25) is 5.91 Å². The molecule has 1 amide bonds. The van der Waals surface area contributed by atoms with Gasteiger partial charge in [-0.15, -0.1) is 0 Å². The molecule has 1 aromatic rings. The van der Waals surface area contributed by atoms with Gasteiger partial charge in [-0.3, -0.25) is 9.00 Å². The molecule has 8 heteroatoms. The number of benzene rings is 1. The number of amides is 1. The van der Waals surface area contributed by atoms with Crippen LogP contribution in [0.25, 0.3) is 0 Å². The topological polar surface area (TPSA) is 86.2 Å². The third-order valence-corrected chi connectivity index (χ3v) is 3.96. The number of primary amides is 1. The summed E-state index contributed by atoms with van der Waals surface area (Å²) in [7, 11) is -1.87. The van der Waals surface area contributed by atoms with Crippen LogP contribution in [0.2, 0.25) is 0 Å². The van der Waals surface area contributed by atoms with Crippen molar-refractivity contribution >= 4 is 22.4 Å². The molecule has 100 valence electrons. The van der Waals surface area contributed by atoms with Crippen molar-refractivity contribution in [1.82, 2.24) is 0 Å². The summed E-state index contributed by atoms with van der Waals surface area (Å²) >= 11 is 0. The predicted octanol–water partition coefficient (Wildman–Crippen LogP) is 1.27. The Bertz CT molecular complexity index is 502. The first kappa shape index (κ1) is 14.5. The summed E-state index contributed by atoms with van der Waals surface area (Å²) in [6.45, 7) is 1.32. The van der Waals surface area contributed by atoms with Crippen molar-refractivity contribution in [1.29, 1.82) is 0 Å². The standard InChI is InChI=1S/C10H11F3N2O2S/c1-5(9(15)16)18(17)8-3-2-6(4-7(8)14)10(11,12)13/h2-5H,14H2,1H3,(H2,15,16). The van der Waals surface area contributed by atoms with E-state index in [0.29, 0.717) is 6.07 Å². The maximum Gasteiger partial charge on any atom is 0.416 e. The van der Waals surface area contributed by atoms with Gasteiger partial charge < -0.3 is 11.5 Å². The minimum absolute atomic E-state index is 0.0331. The second kappa shape index (κ2) is 4.97. The molecule has 2 unspecified atom stereocenters. The summed E-state index contributed by atoms with van der Waals surface area (Å²) in [5.74, 6) is -0.812. The van der Waals surface area contributed by atoms with E-state index in [1.807, 2.05) is 0 Å². The van der Waals surface area contributed by atoms with E-state index >= 15 is 0 Å². The number of anilines is 1. The number of halogens is 3. The van der Waals surface area contributed by atoms with Gasteiger partial charge in [0.05, 0.1) is 21.3 Å². The molecule has 0 aliphatic rings. The highest BCUT2D eigenvalue weighted by molar-refractivity contribution is 7.86. The molecule has 1 rings (SSSR count). The summed E-state index contributed by atoms with van der Waals surface area (Å²) in [6, 6.07) is 2.44. The predicted molar refractivity (Wildman–Crippen MR) is 60.9 cm³/mol. The molecule has 0 aromatic heterocycles. The molecule has 0 spiro atoms. The first-order chi connectivity index (χ1) is 8.14. The van der Waals surface area contributed by atoms with Crippen LogP contribution in [0.4, 0.5) is 18.9 Å². The Balaban J connectivity index is 3.14. The smallest absolute Gasteiger partial charge is 0.398 e. The Morgan fingerprint density at radius 2 is 1.94 bits per heavy atom. The van der Waals surface area contributed by atoms with Gasteiger partial charge in [0, 0.05) is 5.69 Å². The maximum absolute atomic E-state index is 12.4. The van der Waals surface area contributed by atoms with Crippen molar-refractivity contribution in [3.05, 3.63) is 23.8 Å². The average molecular weight is 280 g/mol. The molecular formula is C10H11F3N2O2S. The molecule has 4 nitrogen and oxygen atoms in total. The van der Waals surface area contributed by atoms with Crippen molar-refractivity contribution in [2.75, 3.05) is 5.73 Å². The van der Waals surface area contributed by atoms with Crippen LogP contribution in [0.3, 0.4) is 0 Å². The van der Waals surface area contributed by atoms with Gasteiger partial charge in [0.1, 0.15) is 5.25 Å². The molecule has 0 fully saturated rings. The highest BCUT2D eigenvalue weighted by Gasteiger charge is 2.31. The minimum Gasteiger partial charge on any atom is -0.398 e. The fourth-order valence-corrected chi connectivity index (χ4v) is 2.29. The molecule has 0 saturated carbocycles. The van der Waals surface area contributed by atoms with E-state index in [2.05, 4.69) is 0 Å². The van der Waals surface area contributed by atoms with E-state index in [-0.39, 0.29) is 10.6 Å². The van der Waals surface area contributed by atoms with Gasteiger partial charge in [-0.2, -0.15) is 13.2 Å². The molecule has 18 heavy (non-hydrogen) atoms. The molecule has 0 aliphatic heterocycles. The van der Waals surface area contributed by atoms with Gasteiger partial charge in [-0.1, -0.05) is 0 Å². The van der Waals surface area contributed by atoms with Crippen LogP contribution in [-0.2, 0) is 21.8 Å². The van der Waals surface area contributed by atoms with E-state index in [4.69, 9.17) is 11.5 Å². The van der Waals surface area contributed by atoms with E-state index in [1.54, 1.807) is 0 Å². The summed E-state index contributed by atoms with van der Waals surface area (Å²) in [4.78, 5) is 10.8.